The van der Waals surface area contributed by atoms with E-state index in [1.165, 1.54) is 4.90 Å². The zero-order valence-corrected chi connectivity index (χ0v) is 12.0. The van der Waals surface area contributed by atoms with E-state index < -0.39 is 0 Å². The second-order valence-corrected chi connectivity index (χ2v) is 4.73. The standard InChI is InChI=1S/C15H15ClN2O2/c1-18(11-4-6-12(20-2)7-5-11)15(19)13-9-10(16)3-8-14(13)17/h3-9H,17H2,1-2H3. The molecule has 2 aromatic carbocycles. The van der Waals surface area contributed by atoms with Crippen molar-refractivity contribution in [1.82, 2.24) is 0 Å². The fourth-order valence-corrected chi connectivity index (χ4v) is 1.99. The van der Waals surface area contributed by atoms with Gasteiger partial charge in [-0.15, -0.1) is 0 Å². The molecule has 0 aliphatic rings. The number of ether oxygens (including phenoxy) is 1. The molecule has 0 atom stereocenters. The summed E-state index contributed by atoms with van der Waals surface area (Å²) in [5.41, 5.74) is 7.36. The number of rotatable bonds is 3. The van der Waals surface area contributed by atoms with Crippen LogP contribution >= 0.6 is 11.6 Å². The highest BCUT2D eigenvalue weighted by Crippen LogP contribution is 2.23. The number of benzene rings is 2. The quantitative estimate of drug-likeness (QED) is 0.883. The fourth-order valence-electron chi connectivity index (χ4n) is 1.82. The van der Waals surface area contributed by atoms with Gasteiger partial charge in [0.05, 0.1) is 12.7 Å². The first-order chi connectivity index (χ1) is 9.52. The number of halogens is 1. The predicted octanol–water partition coefficient (Wildman–Crippen LogP) is 3.21. The zero-order valence-electron chi connectivity index (χ0n) is 11.3. The minimum Gasteiger partial charge on any atom is -0.497 e. The highest BCUT2D eigenvalue weighted by Gasteiger charge is 2.16. The van der Waals surface area contributed by atoms with Crippen LogP contribution in [0.1, 0.15) is 10.4 Å². The highest BCUT2D eigenvalue weighted by molar-refractivity contribution is 6.31. The number of carbonyl (C=O) groups excluding carboxylic acids is 1. The van der Waals surface area contributed by atoms with E-state index in [9.17, 15) is 4.79 Å². The number of anilines is 2. The molecule has 0 aliphatic heterocycles. The van der Waals surface area contributed by atoms with E-state index in [1.807, 2.05) is 0 Å². The van der Waals surface area contributed by atoms with E-state index in [2.05, 4.69) is 0 Å². The Kier molecular flexibility index (Phi) is 4.15. The summed E-state index contributed by atoms with van der Waals surface area (Å²) in [6, 6.07) is 12.0. The Morgan fingerprint density at radius 1 is 1.20 bits per heavy atom. The molecule has 20 heavy (non-hydrogen) atoms. The number of hydrogen-bond donors (Lipinski definition) is 1. The molecule has 0 aromatic heterocycles. The Balaban J connectivity index is 2.29. The van der Waals surface area contributed by atoms with Crippen molar-refractivity contribution < 1.29 is 9.53 Å². The van der Waals surface area contributed by atoms with Crippen LogP contribution in [0.3, 0.4) is 0 Å². The molecule has 2 N–H and O–H groups in total. The Hall–Kier alpha value is -2.20. The monoisotopic (exact) mass is 290 g/mol. The molecule has 1 amide bonds. The Labute approximate surface area is 122 Å². The first kappa shape index (κ1) is 14.2. The molecule has 0 saturated heterocycles. The van der Waals surface area contributed by atoms with Crippen LogP contribution in [0.4, 0.5) is 11.4 Å². The second kappa shape index (κ2) is 5.84. The van der Waals surface area contributed by atoms with Crippen LogP contribution in [0.15, 0.2) is 42.5 Å². The molecular formula is C15H15ClN2O2. The fraction of sp³-hybridized carbons (Fsp3) is 0.133. The maximum atomic E-state index is 12.4. The first-order valence-corrected chi connectivity index (χ1v) is 6.38. The SMILES string of the molecule is COc1ccc(N(C)C(=O)c2cc(Cl)ccc2N)cc1. The summed E-state index contributed by atoms with van der Waals surface area (Å²) in [6.45, 7) is 0. The molecule has 104 valence electrons. The van der Waals surface area contributed by atoms with Gasteiger partial charge in [0.1, 0.15) is 5.75 Å². The number of hydrogen-bond acceptors (Lipinski definition) is 3. The lowest BCUT2D eigenvalue weighted by Crippen LogP contribution is -2.27. The van der Waals surface area contributed by atoms with E-state index in [0.29, 0.717) is 16.3 Å². The third-order valence-corrected chi connectivity index (χ3v) is 3.25. The molecule has 2 rings (SSSR count). The minimum absolute atomic E-state index is 0.213. The van der Waals surface area contributed by atoms with Gasteiger partial charge in [0.2, 0.25) is 0 Å². The normalized spacial score (nSPS) is 10.2. The summed E-state index contributed by atoms with van der Waals surface area (Å²) < 4.78 is 5.09. The molecule has 5 heteroatoms. The maximum absolute atomic E-state index is 12.4. The number of nitrogen functional groups attached to an aromatic ring is 1. The molecule has 0 aliphatic carbocycles. The molecule has 0 unspecified atom stereocenters. The van der Waals surface area contributed by atoms with Crippen molar-refractivity contribution in [3.05, 3.63) is 53.1 Å². The number of carbonyl (C=O) groups is 1. The van der Waals surface area contributed by atoms with Crippen molar-refractivity contribution >= 4 is 28.9 Å². The average Bonchev–Trinajstić information content (AvgIpc) is 2.48. The molecular weight excluding hydrogens is 276 g/mol. The largest absolute Gasteiger partial charge is 0.497 e. The second-order valence-electron chi connectivity index (χ2n) is 4.29. The molecule has 0 heterocycles. The van der Waals surface area contributed by atoms with Gasteiger partial charge in [0.25, 0.3) is 5.91 Å². The minimum atomic E-state index is -0.213. The van der Waals surface area contributed by atoms with Gasteiger partial charge in [-0.3, -0.25) is 4.79 Å². The molecule has 0 fully saturated rings. The van der Waals surface area contributed by atoms with Crippen molar-refractivity contribution in [2.24, 2.45) is 0 Å². The van der Waals surface area contributed by atoms with Gasteiger partial charge in [-0.05, 0) is 42.5 Å². The van der Waals surface area contributed by atoms with Gasteiger partial charge < -0.3 is 15.4 Å². The van der Waals surface area contributed by atoms with Crippen LogP contribution < -0.4 is 15.4 Å². The summed E-state index contributed by atoms with van der Waals surface area (Å²) in [4.78, 5) is 13.9. The Morgan fingerprint density at radius 3 is 2.45 bits per heavy atom. The summed E-state index contributed by atoms with van der Waals surface area (Å²) in [5, 5.41) is 0.477. The molecule has 0 radical (unpaired) electrons. The third kappa shape index (κ3) is 2.86. The Bertz CT molecular complexity index is 626. The zero-order chi connectivity index (χ0) is 14.7. The third-order valence-electron chi connectivity index (χ3n) is 3.01. The van der Waals surface area contributed by atoms with Crippen LogP contribution in [0.2, 0.25) is 5.02 Å². The van der Waals surface area contributed by atoms with Crippen molar-refractivity contribution in [3.8, 4) is 5.75 Å². The van der Waals surface area contributed by atoms with E-state index in [1.54, 1.807) is 56.6 Å². The summed E-state index contributed by atoms with van der Waals surface area (Å²) in [7, 11) is 3.28. The van der Waals surface area contributed by atoms with Gasteiger partial charge in [-0.2, -0.15) is 0 Å². The van der Waals surface area contributed by atoms with Crippen LogP contribution in [0.5, 0.6) is 5.75 Å². The maximum Gasteiger partial charge on any atom is 0.260 e. The van der Waals surface area contributed by atoms with Crippen LogP contribution in [0, 0.1) is 0 Å². The molecule has 4 nitrogen and oxygen atoms in total. The van der Waals surface area contributed by atoms with Crippen LogP contribution in [-0.2, 0) is 0 Å². The number of nitrogens with two attached hydrogens (primary N) is 1. The van der Waals surface area contributed by atoms with Crippen molar-refractivity contribution in [2.45, 2.75) is 0 Å². The van der Waals surface area contributed by atoms with Gasteiger partial charge in [0.15, 0.2) is 0 Å². The number of nitrogens with zero attached hydrogens (tertiary/aromatic N) is 1. The Morgan fingerprint density at radius 2 is 1.85 bits per heavy atom. The molecule has 2 aromatic rings. The molecule has 0 saturated carbocycles. The lowest BCUT2D eigenvalue weighted by atomic mass is 10.1. The first-order valence-electron chi connectivity index (χ1n) is 6.00. The van der Waals surface area contributed by atoms with Crippen LogP contribution in [0.25, 0.3) is 0 Å². The van der Waals surface area contributed by atoms with E-state index in [-0.39, 0.29) is 5.91 Å². The van der Waals surface area contributed by atoms with Crippen molar-refractivity contribution in [2.75, 3.05) is 24.8 Å². The van der Waals surface area contributed by atoms with Crippen molar-refractivity contribution in [3.63, 3.8) is 0 Å². The lowest BCUT2D eigenvalue weighted by molar-refractivity contribution is 0.0994. The van der Waals surface area contributed by atoms with Crippen LogP contribution in [-0.4, -0.2) is 20.1 Å². The number of amides is 1. The summed E-state index contributed by atoms with van der Waals surface area (Å²) >= 11 is 5.91. The molecule has 0 bridgehead atoms. The van der Waals surface area contributed by atoms with E-state index >= 15 is 0 Å². The van der Waals surface area contributed by atoms with Crippen molar-refractivity contribution in [1.29, 1.82) is 0 Å². The lowest BCUT2D eigenvalue weighted by Gasteiger charge is -2.18. The predicted molar refractivity (Wildman–Crippen MR) is 81.6 cm³/mol. The highest BCUT2D eigenvalue weighted by atomic mass is 35.5. The summed E-state index contributed by atoms with van der Waals surface area (Å²) in [5.74, 6) is 0.520. The average molecular weight is 291 g/mol. The van der Waals surface area contributed by atoms with Gasteiger partial charge >= 0.3 is 0 Å². The number of methoxy groups -OCH3 is 1. The molecule has 0 spiro atoms. The van der Waals surface area contributed by atoms with Gasteiger partial charge in [0, 0.05) is 23.4 Å². The smallest absolute Gasteiger partial charge is 0.260 e. The van der Waals surface area contributed by atoms with E-state index in [0.717, 1.165) is 11.4 Å². The topological polar surface area (TPSA) is 55.6 Å². The van der Waals surface area contributed by atoms with E-state index in [4.69, 9.17) is 22.1 Å². The summed E-state index contributed by atoms with van der Waals surface area (Å²) in [6.07, 6.45) is 0. The van der Waals surface area contributed by atoms with Gasteiger partial charge in [-0.25, -0.2) is 0 Å². The van der Waals surface area contributed by atoms with Gasteiger partial charge in [-0.1, -0.05) is 11.6 Å².